The molecule has 2 saturated heterocycles. The first-order valence-corrected chi connectivity index (χ1v) is 15.9. The molecule has 1 unspecified atom stereocenters. The molecule has 2 aromatic carbocycles. The molecule has 3 aromatic rings. The highest BCUT2D eigenvalue weighted by Crippen LogP contribution is 2.43. The standard InChI is InChI=1S/C33H40N4O4S/c1-21-7-10-29(41-19-26-9-8-23(16-22(26)2)31(38)36-13-11-35(3)12-14-36)27(15-21)28-20-42-33(34-28)37-17-24-5-4-6-25(18-37)30(24)32(39)40/h7-10,15-16,20,24-25,30H,4-6,11-14,17-19H2,1-3H3,(H,39,40)/t24-,25+,30?. The van der Waals surface area contributed by atoms with Gasteiger partial charge in [0.1, 0.15) is 12.4 Å². The highest BCUT2D eigenvalue weighted by atomic mass is 32.1. The lowest BCUT2D eigenvalue weighted by atomic mass is 9.69. The van der Waals surface area contributed by atoms with Gasteiger partial charge in [0.15, 0.2) is 5.13 Å². The number of ether oxygens (including phenoxy) is 1. The van der Waals surface area contributed by atoms with Crippen LogP contribution in [0.15, 0.2) is 41.8 Å². The Morgan fingerprint density at radius 1 is 1.02 bits per heavy atom. The Hall–Kier alpha value is -3.43. The molecule has 1 aliphatic carbocycles. The van der Waals surface area contributed by atoms with Crippen molar-refractivity contribution in [3.8, 4) is 17.0 Å². The zero-order valence-electron chi connectivity index (χ0n) is 24.7. The minimum Gasteiger partial charge on any atom is -0.488 e. The summed E-state index contributed by atoms with van der Waals surface area (Å²) in [5, 5.41) is 12.8. The topological polar surface area (TPSA) is 86.2 Å². The van der Waals surface area contributed by atoms with Gasteiger partial charge in [0.05, 0.1) is 11.6 Å². The summed E-state index contributed by atoms with van der Waals surface area (Å²) < 4.78 is 6.38. The fraction of sp³-hybridized carbons (Fsp3) is 0.485. The molecule has 1 saturated carbocycles. The smallest absolute Gasteiger partial charge is 0.307 e. The van der Waals surface area contributed by atoms with Gasteiger partial charge in [-0.25, -0.2) is 4.98 Å². The van der Waals surface area contributed by atoms with Crippen LogP contribution in [-0.2, 0) is 11.4 Å². The maximum atomic E-state index is 13.0. The van der Waals surface area contributed by atoms with Crippen molar-refractivity contribution < 1.29 is 19.4 Å². The molecule has 222 valence electrons. The molecular weight excluding hydrogens is 548 g/mol. The number of anilines is 1. The lowest BCUT2D eigenvalue weighted by Crippen LogP contribution is -2.51. The maximum absolute atomic E-state index is 13.0. The van der Waals surface area contributed by atoms with E-state index in [4.69, 9.17) is 9.72 Å². The monoisotopic (exact) mass is 588 g/mol. The number of aliphatic carboxylic acids is 1. The van der Waals surface area contributed by atoms with E-state index in [0.29, 0.717) is 6.61 Å². The quantitative estimate of drug-likeness (QED) is 0.399. The number of piperazine rings is 1. The largest absolute Gasteiger partial charge is 0.488 e. The number of piperidine rings is 1. The number of fused-ring (bicyclic) bond motifs is 2. The number of aromatic nitrogens is 1. The predicted molar refractivity (Wildman–Crippen MR) is 165 cm³/mol. The molecule has 2 aliphatic heterocycles. The highest BCUT2D eigenvalue weighted by Gasteiger charge is 2.44. The molecule has 8 nitrogen and oxygen atoms in total. The van der Waals surface area contributed by atoms with E-state index in [1.165, 1.54) is 0 Å². The molecule has 1 aromatic heterocycles. The van der Waals surface area contributed by atoms with Crippen molar-refractivity contribution in [2.24, 2.45) is 17.8 Å². The summed E-state index contributed by atoms with van der Waals surface area (Å²) in [6.45, 7) is 9.33. The van der Waals surface area contributed by atoms with Crippen LogP contribution in [0.25, 0.3) is 11.3 Å². The average Bonchev–Trinajstić information content (AvgIpc) is 3.46. The third-order valence-corrected chi connectivity index (χ3v) is 10.2. The maximum Gasteiger partial charge on any atom is 0.307 e. The second-order valence-corrected chi connectivity index (χ2v) is 13.1. The molecule has 0 spiro atoms. The van der Waals surface area contributed by atoms with Gasteiger partial charge in [-0.1, -0.05) is 24.1 Å². The van der Waals surface area contributed by atoms with Crippen LogP contribution in [0, 0.1) is 31.6 Å². The summed E-state index contributed by atoms with van der Waals surface area (Å²) in [6.07, 6.45) is 3.07. The fourth-order valence-corrected chi connectivity index (χ4v) is 7.68. The summed E-state index contributed by atoms with van der Waals surface area (Å²) in [5.41, 5.74) is 5.77. The molecule has 3 aliphatic rings. The van der Waals surface area contributed by atoms with Crippen molar-refractivity contribution in [2.45, 2.75) is 39.7 Å². The molecular formula is C33H40N4O4S. The number of carbonyl (C=O) groups excluding carboxylic acids is 1. The van der Waals surface area contributed by atoms with Gasteiger partial charge in [-0.2, -0.15) is 0 Å². The number of likely N-dealkylation sites (N-methyl/N-ethyl adjacent to an activating group) is 1. The summed E-state index contributed by atoms with van der Waals surface area (Å²) in [6, 6.07) is 12.1. The summed E-state index contributed by atoms with van der Waals surface area (Å²) in [7, 11) is 2.09. The first kappa shape index (κ1) is 28.7. The molecule has 1 amide bonds. The minimum absolute atomic E-state index is 0.0923. The number of carboxylic acids is 1. The third kappa shape index (κ3) is 5.90. The van der Waals surface area contributed by atoms with Crippen molar-refractivity contribution in [1.82, 2.24) is 14.8 Å². The van der Waals surface area contributed by atoms with Crippen LogP contribution in [0.5, 0.6) is 5.75 Å². The van der Waals surface area contributed by atoms with E-state index in [2.05, 4.69) is 41.3 Å². The number of benzene rings is 2. The molecule has 3 fully saturated rings. The lowest BCUT2D eigenvalue weighted by molar-refractivity contribution is -0.148. The molecule has 3 heterocycles. The van der Waals surface area contributed by atoms with Crippen molar-refractivity contribution in [2.75, 3.05) is 51.2 Å². The summed E-state index contributed by atoms with van der Waals surface area (Å²) >= 11 is 1.62. The molecule has 3 atom stereocenters. The summed E-state index contributed by atoms with van der Waals surface area (Å²) in [4.78, 5) is 36.5. The second kappa shape index (κ2) is 12.1. The van der Waals surface area contributed by atoms with E-state index in [0.717, 1.165) is 103 Å². The van der Waals surface area contributed by atoms with Crippen molar-refractivity contribution in [3.63, 3.8) is 0 Å². The van der Waals surface area contributed by atoms with Gasteiger partial charge in [0.25, 0.3) is 5.91 Å². The van der Waals surface area contributed by atoms with Crippen LogP contribution in [0.1, 0.15) is 46.3 Å². The SMILES string of the molecule is Cc1ccc(OCc2ccc(C(=O)N3CCN(C)CC3)cc2C)c(-c2csc(N3C[C@H]4CCC[C@@H](C3)C4C(=O)O)n2)c1. The van der Waals surface area contributed by atoms with Crippen molar-refractivity contribution in [1.29, 1.82) is 0 Å². The molecule has 42 heavy (non-hydrogen) atoms. The molecule has 0 radical (unpaired) electrons. The van der Waals surface area contributed by atoms with Crippen LogP contribution in [0.4, 0.5) is 5.13 Å². The van der Waals surface area contributed by atoms with Gasteiger partial charge < -0.3 is 24.5 Å². The normalized spacial score (nSPS) is 22.7. The van der Waals surface area contributed by atoms with E-state index < -0.39 is 5.97 Å². The Bertz CT molecular complexity index is 1450. The Kier molecular flexibility index (Phi) is 8.23. The molecule has 9 heteroatoms. The van der Waals surface area contributed by atoms with Crippen molar-refractivity contribution >= 4 is 28.3 Å². The van der Waals surface area contributed by atoms with E-state index in [1.807, 2.05) is 36.1 Å². The number of thiazole rings is 1. The number of hydrogen-bond donors (Lipinski definition) is 1. The Labute approximate surface area is 251 Å². The molecule has 2 bridgehead atoms. The van der Waals surface area contributed by atoms with Crippen LogP contribution >= 0.6 is 11.3 Å². The number of aryl methyl sites for hydroxylation is 2. The molecule has 1 N–H and O–H groups in total. The number of nitrogens with zero attached hydrogens (tertiary/aromatic N) is 4. The fourth-order valence-electron chi connectivity index (χ4n) is 6.84. The number of amides is 1. The Balaban J connectivity index is 1.15. The van der Waals surface area contributed by atoms with Crippen LogP contribution in [0.3, 0.4) is 0 Å². The highest BCUT2D eigenvalue weighted by molar-refractivity contribution is 7.14. The van der Waals surface area contributed by atoms with Crippen LogP contribution in [0.2, 0.25) is 0 Å². The van der Waals surface area contributed by atoms with Gasteiger partial charge in [0, 0.05) is 55.8 Å². The Morgan fingerprint density at radius 2 is 1.76 bits per heavy atom. The number of carboxylic acid groups (broad SMARTS) is 1. The zero-order valence-corrected chi connectivity index (χ0v) is 25.5. The second-order valence-electron chi connectivity index (χ2n) is 12.3. The van der Waals surface area contributed by atoms with Crippen LogP contribution < -0.4 is 9.64 Å². The van der Waals surface area contributed by atoms with Crippen molar-refractivity contribution in [3.05, 3.63) is 64.0 Å². The number of carbonyl (C=O) groups is 2. The van der Waals surface area contributed by atoms with Gasteiger partial charge in [-0.3, -0.25) is 9.59 Å². The summed E-state index contributed by atoms with van der Waals surface area (Å²) in [5.74, 6) is 0.370. The average molecular weight is 589 g/mol. The van der Waals surface area contributed by atoms with E-state index in [9.17, 15) is 14.7 Å². The minimum atomic E-state index is -0.641. The van der Waals surface area contributed by atoms with E-state index in [1.54, 1.807) is 11.3 Å². The number of hydrogen-bond acceptors (Lipinski definition) is 7. The first-order valence-electron chi connectivity index (χ1n) is 15.0. The van der Waals surface area contributed by atoms with Crippen LogP contribution in [-0.4, -0.2) is 78.1 Å². The predicted octanol–water partition coefficient (Wildman–Crippen LogP) is 5.33. The third-order valence-electron chi connectivity index (χ3n) is 9.30. The van der Waals surface area contributed by atoms with Gasteiger partial charge in [-0.05, 0) is 81.0 Å². The molecule has 6 rings (SSSR count). The van der Waals surface area contributed by atoms with Gasteiger partial charge in [-0.15, -0.1) is 11.3 Å². The first-order chi connectivity index (χ1) is 20.3. The number of rotatable bonds is 7. The zero-order chi connectivity index (χ0) is 29.4. The van der Waals surface area contributed by atoms with Gasteiger partial charge >= 0.3 is 5.97 Å². The van der Waals surface area contributed by atoms with E-state index in [-0.39, 0.29) is 23.7 Å². The van der Waals surface area contributed by atoms with Gasteiger partial charge in [0.2, 0.25) is 0 Å². The lowest BCUT2D eigenvalue weighted by Gasteiger charge is -2.45. The van der Waals surface area contributed by atoms with E-state index >= 15 is 0 Å². The Morgan fingerprint density at radius 3 is 2.45 bits per heavy atom.